The Balaban J connectivity index is 2.08. The number of hydrogen-bond donors (Lipinski definition) is 1. The van der Waals surface area contributed by atoms with Gasteiger partial charge in [-0.05, 0) is 34.8 Å². The summed E-state index contributed by atoms with van der Waals surface area (Å²) in [6, 6.07) is 1.42. The molecule has 1 aromatic rings. The molecule has 0 spiro atoms. The van der Waals surface area contributed by atoms with Crippen LogP contribution in [0.2, 0.25) is 0 Å². The van der Waals surface area contributed by atoms with E-state index in [0.717, 1.165) is 25.7 Å². The van der Waals surface area contributed by atoms with Crippen LogP contribution in [0.4, 0.5) is 4.39 Å². The molecule has 1 heterocycles. The van der Waals surface area contributed by atoms with Crippen LogP contribution in [0.3, 0.4) is 0 Å². The van der Waals surface area contributed by atoms with Crippen molar-refractivity contribution in [3.63, 3.8) is 0 Å². The number of rotatable bonds is 2. The lowest BCUT2D eigenvalue weighted by molar-refractivity contribution is 0.0928. The molecule has 3 nitrogen and oxygen atoms in total. The van der Waals surface area contributed by atoms with Gasteiger partial charge in [-0.2, -0.15) is 0 Å². The van der Waals surface area contributed by atoms with Crippen molar-refractivity contribution in [3.8, 4) is 0 Å². The average molecular weight is 287 g/mol. The van der Waals surface area contributed by atoms with Gasteiger partial charge >= 0.3 is 0 Å². The number of carbonyl (C=O) groups excluding carboxylic acids is 1. The van der Waals surface area contributed by atoms with E-state index < -0.39 is 11.7 Å². The Labute approximate surface area is 102 Å². The maximum atomic E-state index is 13.4. The molecule has 1 aromatic heterocycles. The lowest BCUT2D eigenvalue weighted by Gasteiger charge is -2.11. The van der Waals surface area contributed by atoms with E-state index >= 15 is 0 Å². The first-order valence-corrected chi connectivity index (χ1v) is 6.08. The predicted molar refractivity (Wildman–Crippen MR) is 61.6 cm³/mol. The van der Waals surface area contributed by atoms with Gasteiger partial charge in [-0.3, -0.25) is 4.79 Å². The molecule has 16 heavy (non-hydrogen) atoms. The van der Waals surface area contributed by atoms with Gasteiger partial charge in [0, 0.05) is 16.7 Å². The van der Waals surface area contributed by atoms with Crippen molar-refractivity contribution >= 4 is 21.8 Å². The normalized spacial score (nSPS) is 16.4. The average Bonchev–Trinajstić information content (AvgIpc) is 2.70. The summed E-state index contributed by atoms with van der Waals surface area (Å²) in [5, 5.41) is 2.80. The van der Waals surface area contributed by atoms with Gasteiger partial charge in [0.2, 0.25) is 0 Å². The van der Waals surface area contributed by atoms with Crippen LogP contribution in [0.5, 0.6) is 0 Å². The number of carbonyl (C=O) groups is 1. The first-order valence-electron chi connectivity index (χ1n) is 5.29. The van der Waals surface area contributed by atoms with Crippen molar-refractivity contribution in [1.29, 1.82) is 0 Å². The van der Waals surface area contributed by atoms with Gasteiger partial charge in [0.1, 0.15) is 0 Å². The molecular formula is C11H12BrFN2O. The Morgan fingerprint density at radius 3 is 2.81 bits per heavy atom. The largest absolute Gasteiger partial charge is 0.348 e. The van der Waals surface area contributed by atoms with Gasteiger partial charge in [0.25, 0.3) is 5.91 Å². The van der Waals surface area contributed by atoms with Gasteiger partial charge in [0.05, 0.1) is 0 Å². The molecule has 1 amide bonds. The summed E-state index contributed by atoms with van der Waals surface area (Å²) in [5.74, 6) is -1.01. The highest BCUT2D eigenvalue weighted by molar-refractivity contribution is 9.10. The molecule has 1 N–H and O–H groups in total. The second-order valence-corrected chi connectivity index (χ2v) is 4.85. The molecule has 1 aliphatic rings. The smallest absolute Gasteiger partial charge is 0.273 e. The molecule has 0 aromatic carbocycles. The molecule has 0 saturated heterocycles. The molecule has 0 atom stereocenters. The van der Waals surface area contributed by atoms with Crippen molar-refractivity contribution < 1.29 is 9.18 Å². The number of amides is 1. The molecule has 0 radical (unpaired) electrons. The number of halogens is 2. The van der Waals surface area contributed by atoms with Crippen LogP contribution in [0, 0.1) is 5.82 Å². The molecule has 0 aliphatic heterocycles. The van der Waals surface area contributed by atoms with Crippen molar-refractivity contribution in [3.05, 3.63) is 28.2 Å². The minimum atomic E-state index is -0.593. The Morgan fingerprint density at radius 1 is 1.50 bits per heavy atom. The van der Waals surface area contributed by atoms with Crippen LogP contribution in [0.15, 0.2) is 16.7 Å². The van der Waals surface area contributed by atoms with Gasteiger partial charge < -0.3 is 5.32 Å². The number of hydrogen-bond acceptors (Lipinski definition) is 2. The minimum Gasteiger partial charge on any atom is -0.348 e. The predicted octanol–water partition coefficient (Wildman–Crippen LogP) is 2.66. The van der Waals surface area contributed by atoms with Crippen LogP contribution in [-0.2, 0) is 0 Å². The van der Waals surface area contributed by atoms with E-state index in [2.05, 4.69) is 26.2 Å². The zero-order valence-electron chi connectivity index (χ0n) is 8.67. The maximum Gasteiger partial charge on any atom is 0.273 e. The SMILES string of the molecule is O=C(NC1CCCC1)c1ncc(Br)cc1F. The Kier molecular flexibility index (Phi) is 3.53. The molecule has 86 valence electrons. The fourth-order valence-corrected chi connectivity index (χ4v) is 2.21. The highest BCUT2D eigenvalue weighted by atomic mass is 79.9. The van der Waals surface area contributed by atoms with E-state index in [0.29, 0.717) is 4.47 Å². The standard InChI is InChI=1S/C11H12BrFN2O/c12-7-5-9(13)10(14-6-7)11(16)15-8-3-1-2-4-8/h5-6,8H,1-4H2,(H,15,16). The highest BCUT2D eigenvalue weighted by Gasteiger charge is 2.20. The van der Waals surface area contributed by atoms with E-state index in [1.54, 1.807) is 0 Å². The van der Waals surface area contributed by atoms with E-state index in [9.17, 15) is 9.18 Å². The Hall–Kier alpha value is -0.970. The van der Waals surface area contributed by atoms with Crippen molar-refractivity contribution in [2.45, 2.75) is 31.7 Å². The molecule has 1 saturated carbocycles. The van der Waals surface area contributed by atoms with Gasteiger partial charge in [0.15, 0.2) is 11.5 Å². The summed E-state index contributed by atoms with van der Waals surface area (Å²) >= 11 is 3.10. The maximum absolute atomic E-state index is 13.4. The van der Waals surface area contributed by atoms with Crippen LogP contribution in [0.25, 0.3) is 0 Å². The summed E-state index contributed by atoms with van der Waals surface area (Å²) in [7, 11) is 0. The lowest BCUT2D eigenvalue weighted by atomic mass is 10.2. The fourth-order valence-electron chi connectivity index (χ4n) is 1.91. The first-order chi connectivity index (χ1) is 7.66. The molecule has 1 aliphatic carbocycles. The summed E-state index contributed by atoms with van der Waals surface area (Å²) in [6.45, 7) is 0. The van der Waals surface area contributed by atoms with E-state index in [1.165, 1.54) is 12.3 Å². The van der Waals surface area contributed by atoms with Crippen LogP contribution in [0.1, 0.15) is 36.2 Å². The van der Waals surface area contributed by atoms with Crippen molar-refractivity contribution in [2.24, 2.45) is 0 Å². The van der Waals surface area contributed by atoms with Gasteiger partial charge in [-0.1, -0.05) is 12.8 Å². The van der Waals surface area contributed by atoms with E-state index in [4.69, 9.17) is 0 Å². The third kappa shape index (κ3) is 2.58. The number of aromatic nitrogens is 1. The Bertz CT molecular complexity index is 405. The van der Waals surface area contributed by atoms with Crippen LogP contribution >= 0.6 is 15.9 Å². The Morgan fingerprint density at radius 2 is 2.19 bits per heavy atom. The second kappa shape index (κ2) is 4.91. The summed E-state index contributed by atoms with van der Waals surface area (Å²) in [4.78, 5) is 15.5. The molecule has 1 fully saturated rings. The zero-order chi connectivity index (χ0) is 11.5. The minimum absolute atomic E-state index is 0.130. The van der Waals surface area contributed by atoms with E-state index in [1.807, 2.05) is 0 Å². The molecule has 0 unspecified atom stereocenters. The molecular weight excluding hydrogens is 275 g/mol. The highest BCUT2D eigenvalue weighted by Crippen LogP contribution is 2.18. The molecule has 2 rings (SSSR count). The zero-order valence-corrected chi connectivity index (χ0v) is 10.3. The third-order valence-corrected chi connectivity index (χ3v) is 3.15. The summed E-state index contributed by atoms with van der Waals surface area (Å²) in [5.41, 5.74) is -0.130. The number of pyridine rings is 1. The quantitative estimate of drug-likeness (QED) is 0.908. The first kappa shape index (κ1) is 11.5. The second-order valence-electron chi connectivity index (χ2n) is 3.94. The molecule has 5 heteroatoms. The van der Waals surface area contributed by atoms with Crippen molar-refractivity contribution in [1.82, 2.24) is 10.3 Å². The number of nitrogens with one attached hydrogen (secondary N) is 1. The number of nitrogens with zero attached hydrogens (tertiary/aromatic N) is 1. The third-order valence-electron chi connectivity index (χ3n) is 2.71. The monoisotopic (exact) mass is 286 g/mol. The summed E-state index contributed by atoms with van der Waals surface area (Å²) in [6.07, 6.45) is 5.63. The van der Waals surface area contributed by atoms with E-state index in [-0.39, 0.29) is 11.7 Å². The van der Waals surface area contributed by atoms with Gasteiger partial charge in [-0.15, -0.1) is 0 Å². The van der Waals surface area contributed by atoms with Crippen LogP contribution in [-0.4, -0.2) is 16.9 Å². The molecule has 0 bridgehead atoms. The van der Waals surface area contributed by atoms with Crippen LogP contribution < -0.4 is 5.32 Å². The van der Waals surface area contributed by atoms with Gasteiger partial charge in [-0.25, -0.2) is 9.37 Å². The lowest BCUT2D eigenvalue weighted by Crippen LogP contribution is -2.33. The van der Waals surface area contributed by atoms with Crippen molar-refractivity contribution in [2.75, 3.05) is 0 Å². The topological polar surface area (TPSA) is 42.0 Å². The summed E-state index contributed by atoms with van der Waals surface area (Å²) < 4.78 is 14.0. The fraction of sp³-hybridized carbons (Fsp3) is 0.455.